The van der Waals surface area contributed by atoms with Crippen molar-refractivity contribution >= 4 is 26.8 Å². The summed E-state index contributed by atoms with van der Waals surface area (Å²) < 4.78 is 6.97. The van der Waals surface area contributed by atoms with Crippen molar-refractivity contribution in [3.05, 3.63) is 63.8 Å². The topological polar surface area (TPSA) is 45.2 Å². The minimum Gasteiger partial charge on any atom is -0.489 e. The normalized spacial score (nSPS) is 11.0. The maximum absolute atomic E-state index is 9.17. The Morgan fingerprint density at radius 3 is 2.73 bits per heavy atom. The zero-order valence-electron chi connectivity index (χ0n) is 12.4. The molecular weight excluding hydrogens is 342 g/mol. The molecule has 0 amide bonds. The molecule has 2 aromatic carbocycles. The molecule has 0 saturated carbocycles. The molecule has 0 unspecified atom stereocenters. The number of nitrogens with one attached hydrogen (secondary N) is 1. The Morgan fingerprint density at radius 1 is 1.23 bits per heavy atom. The number of H-pyrrole nitrogens is 1. The van der Waals surface area contributed by atoms with E-state index >= 15 is 0 Å². The molecule has 0 aliphatic rings. The molecule has 3 rings (SSSR count). The van der Waals surface area contributed by atoms with E-state index in [1.54, 1.807) is 0 Å². The summed E-state index contributed by atoms with van der Waals surface area (Å²) in [5.74, 6) is 0.862. The monoisotopic (exact) mass is 359 g/mol. The van der Waals surface area contributed by atoms with E-state index in [4.69, 9.17) is 9.84 Å². The highest BCUT2D eigenvalue weighted by atomic mass is 79.9. The minimum absolute atomic E-state index is 0.144. The number of ether oxygens (including phenoxy) is 1. The van der Waals surface area contributed by atoms with E-state index in [-0.39, 0.29) is 6.61 Å². The molecule has 0 fully saturated rings. The van der Waals surface area contributed by atoms with Crippen LogP contribution < -0.4 is 4.74 Å². The zero-order valence-corrected chi connectivity index (χ0v) is 14.0. The van der Waals surface area contributed by atoms with Crippen molar-refractivity contribution < 1.29 is 9.84 Å². The van der Waals surface area contributed by atoms with Crippen molar-refractivity contribution in [2.24, 2.45) is 0 Å². The summed E-state index contributed by atoms with van der Waals surface area (Å²) in [7, 11) is 0. The summed E-state index contributed by atoms with van der Waals surface area (Å²) in [6, 6.07) is 12.1. The van der Waals surface area contributed by atoms with Gasteiger partial charge in [-0.15, -0.1) is 0 Å². The third-order valence-corrected chi connectivity index (χ3v) is 4.45. The highest BCUT2D eigenvalue weighted by Crippen LogP contribution is 2.36. The number of halogens is 1. The Labute approximate surface area is 138 Å². The van der Waals surface area contributed by atoms with E-state index in [2.05, 4.69) is 33.0 Å². The second kappa shape index (κ2) is 6.55. The summed E-state index contributed by atoms with van der Waals surface area (Å²) >= 11 is 3.63. The van der Waals surface area contributed by atoms with Crippen molar-refractivity contribution in [1.82, 2.24) is 4.98 Å². The Balaban J connectivity index is 1.92. The lowest BCUT2D eigenvalue weighted by Gasteiger charge is -2.12. The second-order valence-electron chi connectivity index (χ2n) is 5.29. The Bertz CT molecular complexity index is 781. The number of fused-ring (bicyclic) bond motifs is 1. The van der Waals surface area contributed by atoms with Crippen LogP contribution in [-0.4, -0.2) is 16.7 Å². The van der Waals surface area contributed by atoms with Crippen LogP contribution in [0.2, 0.25) is 0 Å². The first kappa shape index (κ1) is 15.1. The molecule has 0 saturated heterocycles. The van der Waals surface area contributed by atoms with Crippen molar-refractivity contribution in [1.29, 1.82) is 0 Å². The molecule has 3 nitrogen and oxygen atoms in total. The largest absolute Gasteiger partial charge is 0.489 e. The molecule has 1 heterocycles. The van der Waals surface area contributed by atoms with Crippen molar-refractivity contribution in [3.63, 3.8) is 0 Å². The molecule has 0 aliphatic carbocycles. The van der Waals surface area contributed by atoms with Gasteiger partial charge in [0.15, 0.2) is 0 Å². The maximum atomic E-state index is 9.17. The molecule has 0 aliphatic heterocycles. The lowest BCUT2D eigenvalue weighted by atomic mass is 10.1. The van der Waals surface area contributed by atoms with E-state index in [1.165, 1.54) is 0 Å². The molecule has 0 radical (unpaired) electrons. The van der Waals surface area contributed by atoms with E-state index in [1.807, 2.05) is 37.4 Å². The first-order chi connectivity index (χ1) is 10.7. The minimum atomic E-state index is 0.144. The SMILES string of the molecule is Cc1c(OCc2ccccc2)cc(Br)c2c(CCO)c[nH]c12. The second-order valence-corrected chi connectivity index (χ2v) is 6.15. The third-order valence-electron chi connectivity index (χ3n) is 3.82. The van der Waals surface area contributed by atoms with Crippen LogP contribution >= 0.6 is 15.9 Å². The van der Waals surface area contributed by atoms with E-state index < -0.39 is 0 Å². The highest BCUT2D eigenvalue weighted by Gasteiger charge is 2.14. The van der Waals surface area contributed by atoms with Gasteiger partial charge in [0.1, 0.15) is 12.4 Å². The van der Waals surface area contributed by atoms with Gasteiger partial charge >= 0.3 is 0 Å². The maximum Gasteiger partial charge on any atom is 0.125 e. The molecule has 4 heteroatoms. The van der Waals surface area contributed by atoms with Crippen LogP contribution in [0.15, 0.2) is 47.1 Å². The first-order valence-electron chi connectivity index (χ1n) is 7.27. The van der Waals surface area contributed by atoms with Crippen LogP contribution in [0.4, 0.5) is 0 Å². The van der Waals surface area contributed by atoms with E-state index in [0.29, 0.717) is 13.0 Å². The van der Waals surface area contributed by atoms with Crippen LogP contribution in [0, 0.1) is 6.92 Å². The number of aromatic amines is 1. The van der Waals surface area contributed by atoms with Gasteiger partial charge < -0.3 is 14.8 Å². The summed E-state index contributed by atoms with van der Waals surface area (Å²) in [5, 5.41) is 10.3. The van der Waals surface area contributed by atoms with Crippen molar-refractivity contribution in [2.45, 2.75) is 20.0 Å². The van der Waals surface area contributed by atoms with Gasteiger partial charge in [0.25, 0.3) is 0 Å². The number of aryl methyl sites for hydroxylation is 1. The van der Waals surface area contributed by atoms with Crippen LogP contribution in [-0.2, 0) is 13.0 Å². The van der Waals surface area contributed by atoms with Gasteiger partial charge in [0, 0.05) is 28.2 Å². The molecule has 1 aromatic heterocycles. The Morgan fingerprint density at radius 2 is 2.00 bits per heavy atom. The molecular formula is C18H18BrNO2. The summed E-state index contributed by atoms with van der Waals surface area (Å²) in [5.41, 5.74) is 4.40. The lowest BCUT2D eigenvalue weighted by Crippen LogP contribution is -1.98. The Kier molecular flexibility index (Phi) is 4.50. The number of aliphatic hydroxyl groups is 1. The van der Waals surface area contributed by atoms with E-state index in [9.17, 15) is 0 Å². The predicted molar refractivity (Wildman–Crippen MR) is 92.3 cm³/mol. The molecule has 0 bridgehead atoms. The van der Waals surface area contributed by atoms with Gasteiger partial charge in [0.05, 0.1) is 5.52 Å². The fourth-order valence-electron chi connectivity index (χ4n) is 2.65. The fraction of sp³-hybridized carbons (Fsp3) is 0.222. The summed E-state index contributed by atoms with van der Waals surface area (Å²) in [6.45, 7) is 2.74. The third kappa shape index (κ3) is 2.89. The average Bonchev–Trinajstić information content (AvgIpc) is 2.95. The number of benzene rings is 2. The zero-order chi connectivity index (χ0) is 15.5. The summed E-state index contributed by atoms with van der Waals surface area (Å²) in [4.78, 5) is 3.30. The number of rotatable bonds is 5. The number of hydrogen-bond acceptors (Lipinski definition) is 2. The van der Waals surface area contributed by atoms with Crippen LogP contribution in [0.3, 0.4) is 0 Å². The van der Waals surface area contributed by atoms with Crippen LogP contribution in [0.1, 0.15) is 16.7 Å². The first-order valence-corrected chi connectivity index (χ1v) is 8.06. The van der Waals surface area contributed by atoms with E-state index in [0.717, 1.165) is 37.8 Å². The van der Waals surface area contributed by atoms with Gasteiger partial charge in [-0.2, -0.15) is 0 Å². The van der Waals surface area contributed by atoms with Crippen LogP contribution in [0.5, 0.6) is 5.75 Å². The van der Waals surface area contributed by atoms with Crippen LogP contribution in [0.25, 0.3) is 10.9 Å². The fourth-order valence-corrected chi connectivity index (χ4v) is 3.32. The van der Waals surface area contributed by atoms with Gasteiger partial charge in [-0.25, -0.2) is 0 Å². The summed E-state index contributed by atoms with van der Waals surface area (Å²) in [6.07, 6.45) is 2.60. The Hall–Kier alpha value is -1.78. The van der Waals surface area contributed by atoms with Gasteiger partial charge in [0.2, 0.25) is 0 Å². The number of hydrogen-bond donors (Lipinski definition) is 2. The molecule has 22 heavy (non-hydrogen) atoms. The number of aromatic nitrogens is 1. The number of aliphatic hydroxyl groups excluding tert-OH is 1. The molecule has 114 valence electrons. The smallest absolute Gasteiger partial charge is 0.125 e. The van der Waals surface area contributed by atoms with Crippen molar-refractivity contribution in [2.75, 3.05) is 6.61 Å². The molecule has 3 aromatic rings. The molecule has 2 N–H and O–H groups in total. The lowest BCUT2D eigenvalue weighted by molar-refractivity contribution is 0.300. The average molecular weight is 360 g/mol. The van der Waals surface area contributed by atoms with Crippen molar-refractivity contribution in [3.8, 4) is 5.75 Å². The van der Waals surface area contributed by atoms with Gasteiger partial charge in [-0.05, 0) is 46.5 Å². The predicted octanol–water partition coefficient (Wildman–Crippen LogP) is 4.35. The standard InChI is InChI=1S/C18H18BrNO2/c1-12-16(22-11-13-5-3-2-4-6-13)9-15(19)17-14(7-8-21)10-20-18(12)17/h2-6,9-10,20-21H,7-8,11H2,1H3. The van der Waals surface area contributed by atoms with Gasteiger partial charge in [-0.3, -0.25) is 0 Å². The molecule has 0 spiro atoms. The molecule has 0 atom stereocenters. The highest BCUT2D eigenvalue weighted by molar-refractivity contribution is 9.10. The van der Waals surface area contributed by atoms with Gasteiger partial charge in [-0.1, -0.05) is 30.3 Å². The quantitative estimate of drug-likeness (QED) is 0.711.